The quantitative estimate of drug-likeness (QED) is 0.836. The minimum atomic E-state index is -0.425. The maximum absolute atomic E-state index is 13.0. The van der Waals surface area contributed by atoms with Crippen LogP contribution in [0.5, 0.6) is 0 Å². The highest BCUT2D eigenvalue weighted by Crippen LogP contribution is 2.22. The minimum Gasteiger partial charge on any atom is -0.330 e. The third-order valence-corrected chi connectivity index (χ3v) is 3.06. The summed E-state index contributed by atoms with van der Waals surface area (Å²) in [5.74, 6) is -0.179. The Balaban J connectivity index is 2.47. The highest BCUT2D eigenvalue weighted by Gasteiger charge is 2.09. The smallest absolute Gasteiger partial charge is 0.224 e. The fraction of sp³-hybridized carbons (Fsp3) is 0.462. The number of nitrogens with one attached hydrogen (secondary N) is 1. The van der Waals surface area contributed by atoms with E-state index >= 15 is 0 Å². The second-order valence-corrected chi connectivity index (χ2v) is 4.80. The second kappa shape index (κ2) is 7.34. The first kappa shape index (κ1) is 14.9. The molecule has 1 unspecified atom stereocenters. The van der Waals surface area contributed by atoms with E-state index in [1.165, 1.54) is 18.2 Å². The first-order valence-electron chi connectivity index (χ1n) is 5.98. The average Bonchev–Trinajstić information content (AvgIpc) is 2.32. The van der Waals surface area contributed by atoms with Crippen LogP contribution in [0.25, 0.3) is 0 Å². The molecule has 100 valence electrons. The van der Waals surface area contributed by atoms with Crippen molar-refractivity contribution >= 4 is 23.2 Å². The lowest BCUT2D eigenvalue weighted by Gasteiger charge is -2.10. The van der Waals surface area contributed by atoms with E-state index in [1.807, 2.05) is 0 Å². The van der Waals surface area contributed by atoms with E-state index in [1.54, 1.807) is 0 Å². The summed E-state index contributed by atoms with van der Waals surface area (Å²) >= 11 is 5.85. The van der Waals surface area contributed by atoms with E-state index < -0.39 is 5.82 Å². The van der Waals surface area contributed by atoms with E-state index in [2.05, 4.69) is 12.2 Å². The molecule has 1 aromatic rings. The zero-order valence-corrected chi connectivity index (χ0v) is 11.1. The molecule has 0 aliphatic heterocycles. The van der Waals surface area contributed by atoms with Crippen LogP contribution in [-0.2, 0) is 4.79 Å². The van der Waals surface area contributed by atoms with Gasteiger partial charge in [0.05, 0.1) is 10.7 Å². The maximum Gasteiger partial charge on any atom is 0.224 e. The van der Waals surface area contributed by atoms with Crippen molar-refractivity contribution in [1.82, 2.24) is 0 Å². The molecule has 0 aliphatic rings. The molecule has 3 nitrogen and oxygen atoms in total. The van der Waals surface area contributed by atoms with Crippen LogP contribution in [0.3, 0.4) is 0 Å². The Bertz CT molecular complexity index is 412. The lowest BCUT2D eigenvalue weighted by atomic mass is 10.0. The van der Waals surface area contributed by atoms with E-state index in [4.69, 9.17) is 17.3 Å². The zero-order valence-electron chi connectivity index (χ0n) is 10.4. The van der Waals surface area contributed by atoms with Gasteiger partial charge in [0.1, 0.15) is 5.82 Å². The van der Waals surface area contributed by atoms with Gasteiger partial charge in [-0.3, -0.25) is 4.79 Å². The van der Waals surface area contributed by atoms with Gasteiger partial charge in [0.2, 0.25) is 5.91 Å². The fourth-order valence-corrected chi connectivity index (χ4v) is 1.78. The SMILES string of the molecule is CC(CCN)CCC(=O)Nc1cc(F)ccc1Cl. The van der Waals surface area contributed by atoms with Gasteiger partial charge in [-0.25, -0.2) is 4.39 Å². The Morgan fingerprint density at radius 1 is 1.50 bits per heavy atom. The normalized spacial score (nSPS) is 12.2. The molecule has 0 fully saturated rings. The minimum absolute atomic E-state index is 0.161. The van der Waals surface area contributed by atoms with Crippen molar-refractivity contribution < 1.29 is 9.18 Å². The summed E-state index contributed by atoms with van der Waals surface area (Å²) in [6, 6.07) is 3.88. The van der Waals surface area contributed by atoms with Crippen LogP contribution in [0.2, 0.25) is 5.02 Å². The predicted molar refractivity (Wildman–Crippen MR) is 72.1 cm³/mol. The van der Waals surface area contributed by atoms with Crippen LogP contribution in [0.4, 0.5) is 10.1 Å². The summed E-state index contributed by atoms with van der Waals surface area (Å²) < 4.78 is 13.0. The molecule has 5 heteroatoms. The third kappa shape index (κ3) is 5.02. The Hall–Kier alpha value is -1.13. The van der Waals surface area contributed by atoms with E-state index in [0.29, 0.717) is 29.6 Å². The van der Waals surface area contributed by atoms with Gasteiger partial charge in [0.15, 0.2) is 0 Å². The standard InChI is InChI=1S/C13H18ClFN2O/c1-9(6-7-16)2-5-13(18)17-12-8-10(15)3-4-11(12)14/h3-4,8-9H,2,5-7,16H2,1H3,(H,17,18). The first-order chi connectivity index (χ1) is 8.52. The highest BCUT2D eigenvalue weighted by molar-refractivity contribution is 6.33. The largest absolute Gasteiger partial charge is 0.330 e. The van der Waals surface area contributed by atoms with Crippen molar-refractivity contribution in [3.63, 3.8) is 0 Å². The van der Waals surface area contributed by atoms with Crippen molar-refractivity contribution in [2.45, 2.75) is 26.2 Å². The number of hydrogen-bond donors (Lipinski definition) is 2. The maximum atomic E-state index is 13.0. The molecule has 1 aromatic carbocycles. The molecule has 0 aromatic heterocycles. The summed E-state index contributed by atoms with van der Waals surface area (Å²) in [7, 11) is 0. The van der Waals surface area contributed by atoms with Crippen molar-refractivity contribution in [2.24, 2.45) is 11.7 Å². The Kier molecular flexibility index (Phi) is 6.09. The van der Waals surface area contributed by atoms with Gasteiger partial charge in [-0.1, -0.05) is 18.5 Å². The summed E-state index contributed by atoms with van der Waals surface area (Å²) in [5, 5.41) is 2.94. The van der Waals surface area contributed by atoms with Gasteiger partial charge in [-0.05, 0) is 43.5 Å². The lowest BCUT2D eigenvalue weighted by Crippen LogP contribution is -2.14. The number of hydrogen-bond acceptors (Lipinski definition) is 2. The Labute approximate surface area is 112 Å². The molecule has 1 atom stereocenters. The molecule has 0 aliphatic carbocycles. The number of amides is 1. The van der Waals surface area contributed by atoms with Gasteiger partial charge < -0.3 is 11.1 Å². The molecule has 0 saturated carbocycles. The van der Waals surface area contributed by atoms with E-state index in [-0.39, 0.29) is 5.91 Å². The molecular formula is C13H18ClFN2O. The Morgan fingerprint density at radius 2 is 2.22 bits per heavy atom. The molecule has 3 N–H and O–H groups in total. The van der Waals surface area contributed by atoms with Crippen molar-refractivity contribution in [1.29, 1.82) is 0 Å². The first-order valence-corrected chi connectivity index (χ1v) is 6.35. The van der Waals surface area contributed by atoms with Crippen LogP contribution >= 0.6 is 11.6 Å². The summed E-state index contributed by atoms with van der Waals surface area (Å²) in [6.07, 6.45) is 2.04. The summed E-state index contributed by atoms with van der Waals surface area (Å²) in [6.45, 7) is 2.67. The molecule has 0 radical (unpaired) electrons. The molecule has 1 amide bonds. The van der Waals surface area contributed by atoms with Crippen molar-refractivity contribution in [3.8, 4) is 0 Å². The van der Waals surface area contributed by atoms with Crippen molar-refractivity contribution in [3.05, 3.63) is 29.0 Å². The number of nitrogens with two attached hydrogens (primary N) is 1. The molecule has 1 rings (SSSR count). The number of anilines is 1. The number of carbonyl (C=O) groups excluding carboxylic acids is 1. The Morgan fingerprint density at radius 3 is 2.89 bits per heavy atom. The average molecular weight is 273 g/mol. The molecule has 0 saturated heterocycles. The zero-order chi connectivity index (χ0) is 13.5. The highest BCUT2D eigenvalue weighted by atomic mass is 35.5. The van der Waals surface area contributed by atoms with E-state index in [0.717, 1.165) is 12.8 Å². The van der Waals surface area contributed by atoms with Gasteiger partial charge in [-0.15, -0.1) is 0 Å². The summed E-state index contributed by atoms with van der Waals surface area (Å²) in [5.41, 5.74) is 5.75. The van der Waals surface area contributed by atoms with E-state index in [9.17, 15) is 9.18 Å². The van der Waals surface area contributed by atoms with Gasteiger partial charge in [-0.2, -0.15) is 0 Å². The fourth-order valence-electron chi connectivity index (χ4n) is 1.61. The van der Waals surface area contributed by atoms with Gasteiger partial charge >= 0.3 is 0 Å². The number of carbonyl (C=O) groups is 1. The topological polar surface area (TPSA) is 55.1 Å². The van der Waals surface area contributed by atoms with Crippen LogP contribution in [-0.4, -0.2) is 12.5 Å². The number of benzene rings is 1. The monoisotopic (exact) mass is 272 g/mol. The van der Waals surface area contributed by atoms with Crippen molar-refractivity contribution in [2.75, 3.05) is 11.9 Å². The summed E-state index contributed by atoms with van der Waals surface area (Å²) in [4.78, 5) is 11.7. The van der Waals surface area contributed by atoms with Crippen LogP contribution in [0.1, 0.15) is 26.2 Å². The molecule has 0 heterocycles. The molecular weight excluding hydrogens is 255 g/mol. The van der Waals surface area contributed by atoms with Gasteiger partial charge in [0.25, 0.3) is 0 Å². The van der Waals surface area contributed by atoms with Crippen LogP contribution < -0.4 is 11.1 Å². The molecule has 0 spiro atoms. The molecule has 0 bridgehead atoms. The predicted octanol–water partition coefficient (Wildman–Crippen LogP) is 3.18. The molecule has 18 heavy (non-hydrogen) atoms. The second-order valence-electron chi connectivity index (χ2n) is 4.39. The van der Waals surface area contributed by atoms with Crippen LogP contribution in [0.15, 0.2) is 18.2 Å². The number of halogens is 2. The van der Waals surface area contributed by atoms with Crippen LogP contribution in [0, 0.1) is 11.7 Å². The lowest BCUT2D eigenvalue weighted by molar-refractivity contribution is -0.116. The number of rotatable bonds is 6. The third-order valence-electron chi connectivity index (χ3n) is 2.73. The van der Waals surface area contributed by atoms with Gasteiger partial charge in [0, 0.05) is 6.42 Å².